The number of likely N-dealkylation sites (tertiary alicyclic amines) is 1. The lowest BCUT2D eigenvalue weighted by molar-refractivity contribution is 0.0187. The number of aromatic nitrogens is 1. The maximum Gasteiger partial charge on any atom is 0.410 e. The first-order valence-corrected chi connectivity index (χ1v) is 7.86. The lowest BCUT2D eigenvalue weighted by Gasteiger charge is -2.28. The fraction of sp³-hybridized carbons (Fsp3) is 0.562. The Morgan fingerprint density at radius 3 is 2.96 bits per heavy atom. The molecule has 1 amide bonds. The summed E-state index contributed by atoms with van der Waals surface area (Å²) in [6.45, 7) is 6.42. The van der Waals surface area contributed by atoms with Crippen LogP contribution in [-0.4, -0.2) is 40.8 Å². The molecule has 0 radical (unpaired) electrons. The molecule has 1 saturated heterocycles. The van der Waals surface area contributed by atoms with Crippen molar-refractivity contribution in [2.75, 3.05) is 13.2 Å². The van der Waals surface area contributed by atoms with Crippen LogP contribution in [0.2, 0.25) is 5.02 Å². The maximum atomic E-state index is 12.2. The fourth-order valence-electron chi connectivity index (χ4n) is 2.37. The molecule has 0 aromatic carbocycles. The fourth-order valence-corrected chi connectivity index (χ4v) is 2.52. The summed E-state index contributed by atoms with van der Waals surface area (Å²) in [4.78, 5) is 17.8. The Morgan fingerprint density at radius 1 is 1.57 bits per heavy atom. The lowest BCUT2D eigenvalue weighted by Crippen LogP contribution is -2.42. The number of hydrogen-bond donors (Lipinski definition) is 0. The van der Waals surface area contributed by atoms with E-state index in [-0.39, 0.29) is 24.4 Å². The predicted octanol–water partition coefficient (Wildman–Crippen LogP) is 3.38. The predicted molar refractivity (Wildman–Crippen MR) is 85.4 cm³/mol. The summed E-state index contributed by atoms with van der Waals surface area (Å²) >= 11 is 5.88. The van der Waals surface area contributed by atoms with Gasteiger partial charge < -0.3 is 14.4 Å². The zero-order valence-electron chi connectivity index (χ0n) is 13.5. The minimum atomic E-state index is -0.532. The normalized spacial score (nSPS) is 17.7. The summed E-state index contributed by atoms with van der Waals surface area (Å²) in [5.74, 6) is 0.330. The quantitative estimate of drug-likeness (QED) is 0.845. The molecule has 124 valence electrons. The molecule has 6 nitrogen and oxygen atoms in total. The number of hydrogen-bond acceptors (Lipinski definition) is 5. The Balaban J connectivity index is 2.01. The molecule has 0 spiro atoms. The van der Waals surface area contributed by atoms with Crippen molar-refractivity contribution in [2.45, 2.75) is 45.3 Å². The van der Waals surface area contributed by atoms with Crippen molar-refractivity contribution in [3.63, 3.8) is 0 Å². The SMILES string of the molecule is CC(C)(C)OC(=O)N1CCC[C@@H]1COc1cc(Cl)cnc1C#N. The molecule has 1 aromatic rings. The van der Waals surface area contributed by atoms with Crippen molar-refractivity contribution in [2.24, 2.45) is 0 Å². The highest BCUT2D eigenvalue weighted by Gasteiger charge is 2.32. The second-order valence-electron chi connectivity index (χ2n) is 6.39. The number of rotatable bonds is 3. The summed E-state index contributed by atoms with van der Waals surface area (Å²) in [5.41, 5.74) is -0.355. The Bertz CT molecular complexity index is 622. The number of amides is 1. The average Bonchev–Trinajstić information content (AvgIpc) is 2.92. The van der Waals surface area contributed by atoms with Gasteiger partial charge in [0.05, 0.1) is 11.1 Å². The number of pyridine rings is 1. The van der Waals surface area contributed by atoms with Crippen LogP contribution in [0, 0.1) is 11.3 Å². The van der Waals surface area contributed by atoms with Crippen molar-refractivity contribution in [1.82, 2.24) is 9.88 Å². The van der Waals surface area contributed by atoms with Gasteiger partial charge >= 0.3 is 6.09 Å². The van der Waals surface area contributed by atoms with E-state index in [9.17, 15) is 4.79 Å². The first kappa shape index (κ1) is 17.4. The molecule has 0 N–H and O–H groups in total. The third kappa shape index (κ3) is 4.73. The van der Waals surface area contributed by atoms with Gasteiger partial charge in [0.2, 0.25) is 0 Å². The summed E-state index contributed by atoms with van der Waals surface area (Å²) < 4.78 is 11.1. The Hall–Kier alpha value is -2.00. The first-order valence-electron chi connectivity index (χ1n) is 7.48. The van der Waals surface area contributed by atoms with Gasteiger partial charge in [-0.3, -0.25) is 0 Å². The van der Waals surface area contributed by atoms with Gasteiger partial charge in [-0.25, -0.2) is 9.78 Å². The van der Waals surface area contributed by atoms with Crippen LogP contribution in [0.5, 0.6) is 5.75 Å². The van der Waals surface area contributed by atoms with Crippen LogP contribution in [0.3, 0.4) is 0 Å². The number of nitrogens with zero attached hydrogens (tertiary/aromatic N) is 3. The van der Waals surface area contributed by atoms with E-state index in [2.05, 4.69) is 4.98 Å². The van der Waals surface area contributed by atoms with Gasteiger partial charge in [-0.05, 0) is 33.6 Å². The van der Waals surface area contributed by atoms with Gasteiger partial charge in [0.25, 0.3) is 0 Å². The molecule has 7 heteroatoms. The van der Waals surface area contributed by atoms with Crippen LogP contribution in [0.4, 0.5) is 4.79 Å². The molecule has 0 aliphatic carbocycles. The highest BCUT2D eigenvalue weighted by atomic mass is 35.5. The standard InChI is InChI=1S/C16H20ClN3O3/c1-16(2,3)23-15(21)20-6-4-5-12(20)10-22-14-7-11(17)9-19-13(14)8-18/h7,9,12H,4-6,10H2,1-3H3/t12-/m1/s1. The van der Waals surface area contributed by atoms with E-state index in [0.717, 1.165) is 12.8 Å². The third-order valence-corrected chi connectivity index (χ3v) is 3.57. The molecule has 1 fully saturated rings. The minimum absolute atomic E-state index is 0.0876. The molecule has 2 rings (SSSR count). The first-order chi connectivity index (χ1) is 10.8. The molecular formula is C16H20ClN3O3. The highest BCUT2D eigenvalue weighted by molar-refractivity contribution is 6.30. The van der Waals surface area contributed by atoms with E-state index >= 15 is 0 Å². The minimum Gasteiger partial charge on any atom is -0.488 e. The molecule has 1 aliphatic rings. The van der Waals surface area contributed by atoms with Crippen molar-refractivity contribution in [3.05, 3.63) is 23.0 Å². The number of ether oxygens (including phenoxy) is 2. The number of carbonyl (C=O) groups excluding carboxylic acids is 1. The summed E-state index contributed by atoms with van der Waals surface area (Å²) in [5, 5.41) is 9.45. The van der Waals surface area contributed by atoms with Gasteiger partial charge in [-0.1, -0.05) is 11.6 Å². The molecule has 1 atom stereocenters. The monoisotopic (exact) mass is 337 g/mol. The van der Waals surface area contributed by atoms with E-state index in [4.69, 9.17) is 26.3 Å². The zero-order valence-corrected chi connectivity index (χ0v) is 14.3. The van der Waals surface area contributed by atoms with Crippen LogP contribution >= 0.6 is 11.6 Å². The van der Waals surface area contributed by atoms with E-state index in [0.29, 0.717) is 17.3 Å². The third-order valence-electron chi connectivity index (χ3n) is 3.36. The van der Waals surface area contributed by atoms with Gasteiger partial charge in [0.15, 0.2) is 11.4 Å². The van der Waals surface area contributed by atoms with E-state index in [1.807, 2.05) is 26.8 Å². The highest BCUT2D eigenvalue weighted by Crippen LogP contribution is 2.24. The van der Waals surface area contributed by atoms with Crippen LogP contribution in [0.1, 0.15) is 39.3 Å². The lowest BCUT2D eigenvalue weighted by atomic mass is 10.2. The number of nitriles is 1. The van der Waals surface area contributed by atoms with Crippen LogP contribution < -0.4 is 4.74 Å². The zero-order chi connectivity index (χ0) is 17.0. The van der Waals surface area contributed by atoms with E-state index in [1.165, 1.54) is 6.20 Å². The Labute approximate surface area is 141 Å². The molecular weight excluding hydrogens is 318 g/mol. The molecule has 0 bridgehead atoms. The second kappa shape index (κ2) is 7.05. The number of halogens is 1. The molecule has 1 aliphatic heterocycles. The van der Waals surface area contributed by atoms with Crippen molar-refractivity contribution >= 4 is 17.7 Å². The van der Waals surface area contributed by atoms with Gasteiger partial charge in [-0.2, -0.15) is 5.26 Å². The van der Waals surface area contributed by atoms with E-state index in [1.54, 1.807) is 11.0 Å². The van der Waals surface area contributed by atoms with Gasteiger partial charge in [-0.15, -0.1) is 0 Å². The van der Waals surface area contributed by atoms with Crippen LogP contribution in [-0.2, 0) is 4.74 Å². The average molecular weight is 338 g/mol. The molecule has 1 aromatic heterocycles. The topological polar surface area (TPSA) is 75.4 Å². The molecule has 2 heterocycles. The molecule has 0 saturated carbocycles. The number of carbonyl (C=O) groups is 1. The Kier molecular flexibility index (Phi) is 5.32. The smallest absolute Gasteiger partial charge is 0.410 e. The largest absolute Gasteiger partial charge is 0.488 e. The summed E-state index contributed by atoms with van der Waals surface area (Å²) in [6.07, 6.45) is 2.78. The second-order valence-corrected chi connectivity index (χ2v) is 6.83. The van der Waals surface area contributed by atoms with Crippen molar-refractivity contribution in [1.29, 1.82) is 5.26 Å². The van der Waals surface area contributed by atoms with Gasteiger partial charge in [0, 0.05) is 18.8 Å². The van der Waals surface area contributed by atoms with Crippen molar-refractivity contribution in [3.8, 4) is 11.8 Å². The van der Waals surface area contributed by atoms with Gasteiger partial charge in [0.1, 0.15) is 18.3 Å². The maximum absolute atomic E-state index is 12.2. The van der Waals surface area contributed by atoms with Crippen molar-refractivity contribution < 1.29 is 14.3 Å². The van der Waals surface area contributed by atoms with Crippen LogP contribution in [0.15, 0.2) is 12.3 Å². The molecule has 0 unspecified atom stereocenters. The summed E-state index contributed by atoms with van der Waals surface area (Å²) in [7, 11) is 0. The van der Waals surface area contributed by atoms with E-state index < -0.39 is 5.60 Å². The molecule has 23 heavy (non-hydrogen) atoms. The Morgan fingerprint density at radius 2 is 2.30 bits per heavy atom. The van der Waals surface area contributed by atoms with Crippen LogP contribution in [0.25, 0.3) is 0 Å². The summed E-state index contributed by atoms with van der Waals surface area (Å²) in [6, 6.07) is 3.43.